The van der Waals surface area contributed by atoms with Gasteiger partial charge < -0.3 is 9.84 Å². The van der Waals surface area contributed by atoms with E-state index in [-0.39, 0.29) is 11.9 Å². The van der Waals surface area contributed by atoms with Crippen molar-refractivity contribution in [3.8, 4) is 5.75 Å². The molecule has 0 spiro atoms. The molecule has 0 bridgehead atoms. The molecule has 1 saturated carbocycles. The Balaban J connectivity index is 2.02. The lowest BCUT2D eigenvalue weighted by Crippen LogP contribution is -1.99. The van der Waals surface area contributed by atoms with E-state index in [0.717, 1.165) is 5.56 Å². The Bertz CT molecular complexity index is 340. The van der Waals surface area contributed by atoms with Crippen molar-refractivity contribution >= 4 is 5.78 Å². The summed E-state index contributed by atoms with van der Waals surface area (Å²) < 4.78 is 5.34. The fourth-order valence-corrected chi connectivity index (χ4v) is 1.22. The summed E-state index contributed by atoms with van der Waals surface area (Å²) in [6, 6.07) is 7.14. The highest BCUT2D eigenvalue weighted by molar-refractivity contribution is 5.99. The van der Waals surface area contributed by atoms with E-state index in [0.29, 0.717) is 12.2 Å². The Morgan fingerprint density at radius 3 is 2.43 bits per heavy atom. The van der Waals surface area contributed by atoms with Gasteiger partial charge in [0.1, 0.15) is 5.75 Å². The SMILES string of the molecule is CC(O)c1ccc(OC2CC2=O)cc1. The summed E-state index contributed by atoms with van der Waals surface area (Å²) in [6.45, 7) is 1.71. The van der Waals surface area contributed by atoms with E-state index < -0.39 is 6.10 Å². The molecule has 0 saturated heterocycles. The Morgan fingerprint density at radius 1 is 1.43 bits per heavy atom. The van der Waals surface area contributed by atoms with Crippen LogP contribution in [0.4, 0.5) is 0 Å². The molecule has 0 amide bonds. The number of aliphatic hydroxyl groups is 1. The number of carbonyl (C=O) groups is 1. The zero-order valence-corrected chi connectivity index (χ0v) is 7.93. The number of Topliss-reactive ketones (excluding diaryl/α,β-unsaturated/α-hetero) is 1. The van der Waals surface area contributed by atoms with Gasteiger partial charge in [-0.15, -0.1) is 0 Å². The van der Waals surface area contributed by atoms with Gasteiger partial charge in [-0.3, -0.25) is 4.79 Å². The molecule has 1 N–H and O–H groups in total. The summed E-state index contributed by atoms with van der Waals surface area (Å²) in [7, 11) is 0. The maximum absolute atomic E-state index is 10.7. The molecule has 0 aromatic heterocycles. The molecule has 3 nitrogen and oxygen atoms in total. The van der Waals surface area contributed by atoms with Crippen LogP contribution < -0.4 is 4.74 Å². The Hall–Kier alpha value is -1.35. The average molecular weight is 192 g/mol. The lowest BCUT2D eigenvalue weighted by Gasteiger charge is -2.06. The first kappa shape index (κ1) is 9.21. The second-order valence-electron chi connectivity index (χ2n) is 3.52. The topological polar surface area (TPSA) is 46.5 Å². The van der Waals surface area contributed by atoms with Crippen LogP contribution in [0, 0.1) is 0 Å². The van der Waals surface area contributed by atoms with E-state index in [1.165, 1.54) is 0 Å². The first-order valence-electron chi connectivity index (χ1n) is 4.64. The normalized spacial score (nSPS) is 21.9. The minimum atomic E-state index is -0.466. The van der Waals surface area contributed by atoms with Crippen molar-refractivity contribution < 1.29 is 14.6 Å². The van der Waals surface area contributed by atoms with Gasteiger partial charge in [-0.25, -0.2) is 0 Å². The van der Waals surface area contributed by atoms with Crippen molar-refractivity contribution in [2.45, 2.75) is 25.6 Å². The number of hydrogen-bond acceptors (Lipinski definition) is 3. The summed E-state index contributed by atoms with van der Waals surface area (Å²) in [5.41, 5.74) is 0.847. The predicted octanol–water partition coefficient (Wildman–Crippen LogP) is 1.46. The zero-order chi connectivity index (χ0) is 10.1. The molecular formula is C11H12O3. The van der Waals surface area contributed by atoms with Gasteiger partial charge in [0, 0.05) is 0 Å². The number of benzene rings is 1. The molecule has 2 atom stereocenters. The number of ether oxygens (including phenoxy) is 1. The first-order chi connectivity index (χ1) is 6.66. The van der Waals surface area contributed by atoms with Crippen molar-refractivity contribution in [1.29, 1.82) is 0 Å². The van der Waals surface area contributed by atoms with Crippen LogP contribution in [0.5, 0.6) is 5.75 Å². The zero-order valence-electron chi connectivity index (χ0n) is 7.93. The van der Waals surface area contributed by atoms with Gasteiger partial charge >= 0.3 is 0 Å². The molecular weight excluding hydrogens is 180 g/mol. The molecule has 1 aromatic rings. The highest BCUT2D eigenvalue weighted by atomic mass is 16.5. The maximum Gasteiger partial charge on any atom is 0.177 e. The fraction of sp³-hybridized carbons (Fsp3) is 0.364. The largest absolute Gasteiger partial charge is 0.482 e. The van der Waals surface area contributed by atoms with Crippen LogP contribution >= 0.6 is 0 Å². The van der Waals surface area contributed by atoms with Crippen LogP contribution in [-0.4, -0.2) is 17.0 Å². The molecule has 0 radical (unpaired) electrons. The quantitative estimate of drug-likeness (QED) is 0.788. The van der Waals surface area contributed by atoms with Gasteiger partial charge in [0.2, 0.25) is 0 Å². The molecule has 3 heteroatoms. The van der Waals surface area contributed by atoms with Crippen LogP contribution in [0.3, 0.4) is 0 Å². The van der Waals surface area contributed by atoms with Gasteiger partial charge in [-0.2, -0.15) is 0 Å². The lowest BCUT2D eigenvalue weighted by atomic mass is 10.1. The summed E-state index contributed by atoms with van der Waals surface area (Å²) in [4.78, 5) is 10.7. The third-order valence-corrected chi connectivity index (χ3v) is 2.23. The summed E-state index contributed by atoms with van der Waals surface area (Å²) in [5.74, 6) is 0.842. The molecule has 0 aliphatic heterocycles. The number of aliphatic hydroxyl groups excluding tert-OH is 1. The van der Waals surface area contributed by atoms with Crippen molar-refractivity contribution in [3.63, 3.8) is 0 Å². The molecule has 1 fully saturated rings. The van der Waals surface area contributed by atoms with E-state index in [1.807, 2.05) is 0 Å². The van der Waals surface area contributed by atoms with Gasteiger partial charge in [-0.05, 0) is 24.6 Å². The molecule has 1 aromatic carbocycles. The van der Waals surface area contributed by atoms with Gasteiger partial charge in [-0.1, -0.05) is 12.1 Å². The van der Waals surface area contributed by atoms with Crippen LogP contribution in [0.25, 0.3) is 0 Å². The van der Waals surface area contributed by atoms with Gasteiger partial charge in [0.05, 0.1) is 12.5 Å². The first-order valence-corrected chi connectivity index (χ1v) is 4.64. The van der Waals surface area contributed by atoms with E-state index in [4.69, 9.17) is 4.74 Å². The Labute approximate surface area is 82.3 Å². The van der Waals surface area contributed by atoms with Crippen molar-refractivity contribution in [2.75, 3.05) is 0 Å². The molecule has 2 unspecified atom stereocenters. The highest BCUT2D eigenvalue weighted by Gasteiger charge is 2.37. The van der Waals surface area contributed by atoms with Crippen LogP contribution in [0.1, 0.15) is 25.0 Å². The number of ketones is 1. The highest BCUT2D eigenvalue weighted by Crippen LogP contribution is 2.24. The molecule has 1 aliphatic rings. The lowest BCUT2D eigenvalue weighted by molar-refractivity contribution is -0.112. The minimum Gasteiger partial charge on any atom is -0.482 e. The number of hydrogen-bond donors (Lipinski definition) is 1. The smallest absolute Gasteiger partial charge is 0.177 e. The maximum atomic E-state index is 10.7. The monoisotopic (exact) mass is 192 g/mol. The van der Waals surface area contributed by atoms with Crippen LogP contribution in [0.15, 0.2) is 24.3 Å². The van der Waals surface area contributed by atoms with E-state index in [9.17, 15) is 9.90 Å². The predicted molar refractivity (Wildman–Crippen MR) is 51.1 cm³/mol. The summed E-state index contributed by atoms with van der Waals surface area (Å²) in [6.07, 6.45) is -0.169. The number of rotatable bonds is 3. The second-order valence-corrected chi connectivity index (χ2v) is 3.52. The molecule has 1 aliphatic carbocycles. The van der Waals surface area contributed by atoms with Crippen molar-refractivity contribution in [3.05, 3.63) is 29.8 Å². The number of carbonyl (C=O) groups excluding carboxylic acids is 1. The Kier molecular flexibility index (Phi) is 2.25. The van der Waals surface area contributed by atoms with E-state index >= 15 is 0 Å². The Morgan fingerprint density at radius 2 is 2.00 bits per heavy atom. The molecule has 14 heavy (non-hydrogen) atoms. The summed E-state index contributed by atoms with van der Waals surface area (Å²) >= 11 is 0. The molecule has 2 rings (SSSR count). The van der Waals surface area contributed by atoms with E-state index in [1.54, 1.807) is 31.2 Å². The fourth-order valence-electron chi connectivity index (χ4n) is 1.22. The second kappa shape index (κ2) is 3.42. The summed E-state index contributed by atoms with van der Waals surface area (Å²) in [5, 5.41) is 9.26. The van der Waals surface area contributed by atoms with Crippen LogP contribution in [0.2, 0.25) is 0 Å². The minimum absolute atomic E-state index is 0.157. The van der Waals surface area contributed by atoms with Gasteiger partial charge in [0.15, 0.2) is 11.9 Å². The molecule has 0 heterocycles. The molecule has 74 valence electrons. The van der Waals surface area contributed by atoms with Crippen molar-refractivity contribution in [2.24, 2.45) is 0 Å². The van der Waals surface area contributed by atoms with Crippen LogP contribution in [-0.2, 0) is 4.79 Å². The standard InChI is InChI=1S/C11H12O3/c1-7(12)8-2-4-9(5-3-8)14-11-6-10(11)13/h2-5,7,11-12H,6H2,1H3. The van der Waals surface area contributed by atoms with Crippen molar-refractivity contribution in [1.82, 2.24) is 0 Å². The van der Waals surface area contributed by atoms with Gasteiger partial charge in [0.25, 0.3) is 0 Å². The van der Waals surface area contributed by atoms with E-state index in [2.05, 4.69) is 0 Å². The third-order valence-electron chi connectivity index (χ3n) is 2.23. The average Bonchev–Trinajstić information content (AvgIpc) is 2.82. The third kappa shape index (κ3) is 1.93.